The van der Waals surface area contributed by atoms with Crippen LogP contribution in [0.2, 0.25) is 0 Å². The van der Waals surface area contributed by atoms with E-state index in [9.17, 15) is 4.79 Å². The number of hydrogen-bond acceptors (Lipinski definition) is 5. The molecular formula is C21H16N4O2S. The van der Waals surface area contributed by atoms with Crippen LogP contribution >= 0.6 is 11.3 Å². The Morgan fingerprint density at radius 2 is 1.82 bits per heavy atom. The first-order valence-electron chi connectivity index (χ1n) is 8.95. The van der Waals surface area contributed by atoms with Gasteiger partial charge in [0.1, 0.15) is 0 Å². The standard InChI is InChI=1S/C21H16N4O2S/c1-2-25-15-9-5-3-7-13(15)23-21(25)24-19(26)16-11-12-17(27-16)20-22-14-8-4-6-10-18(14)28-20/h3-12H,2H2,1H3,(H,23,24,26). The predicted octanol–water partition coefficient (Wildman–Crippen LogP) is 5.18. The molecule has 3 heterocycles. The smallest absolute Gasteiger partial charge is 0.293 e. The molecule has 1 amide bonds. The van der Waals surface area contributed by atoms with Crippen LogP contribution in [-0.4, -0.2) is 20.4 Å². The Balaban J connectivity index is 1.44. The van der Waals surface area contributed by atoms with Crippen LogP contribution in [0.4, 0.5) is 5.95 Å². The van der Waals surface area contributed by atoms with Gasteiger partial charge in [0, 0.05) is 6.54 Å². The quantitative estimate of drug-likeness (QED) is 0.460. The minimum Gasteiger partial charge on any atom is -0.448 e. The van der Waals surface area contributed by atoms with Gasteiger partial charge >= 0.3 is 0 Å². The Bertz CT molecular complexity index is 1280. The summed E-state index contributed by atoms with van der Waals surface area (Å²) < 4.78 is 8.82. The molecule has 0 radical (unpaired) electrons. The van der Waals surface area contributed by atoms with E-state index in [0.717, 1.165) is 26.3 Å². The highest BCUT2D eigenvalue weighted by atomic mass is 32.1. The normalized spacial score (nSPS) is 11.3. The fourth-order valence-electron chi connectivity index (χ4n) is 3.21. The number of rotatable bonds is 4. The van der Waals surface area contributed by atoms with Crippen LogP contribution in [0, 0.1) is 0 Å². The summed E-state index contributed by atoms with van der Waals surface area (Å²) in [6, 6.07) is 19.1. The summed E-state index contributed by atoms with van der Waals surface area (Å²) in [4.78, 5) is 21.8. The highest BCUT2D eigenvalue weighted by Gasteiger charge is 2.18. The van der Waals surface area contributed by atoms with Crippen LogP contribution < -0.4 is 5.32 Å². The summed E-state index contributed by atoms with van der Waals surface area (Å²) in [5.74, 6) is 0.975. The third-order valence-electron chi connectivity index (χ3n) is 4.53. The lowest BCUT2D eigenvalue weighted by molar-refractivity contribution is 0.0996. The second-order valence-corrected chi connectivity index (χ2v) is 7.30. The van der Waals surface area contributed by atoms with Crippen molar-refractivity contribution < 1.29 is 9.21 Å². The molecule has 28 heavy (non-hydrogen) atoms. The minimum atomic E-state index is -0.336. The molecule has 0 unspecified atom stereocenters. The number of benzene rings is 2. The molecule has 0 fully saturated rings. The van der Waals surface area contributed by atoms with E-state index < -0.39 is 0 Å². The van der Waals surface area contributed by atoms with Crippen LogP contribution in [0.1, 0.15) is 17.5 Å². The van der Waals surface area contributed by atoms with E-state index in [1.807, 2.05) is 60.0 Å². The summed E-state index contributed by atoms with van der Waals surface area (Å²) in [7, 11) is 0. The van der Waals surface area contributed by atoms with Gasteiger partial charge in [-0.05, 0) is 43.3 Å². The van der Waals surface area contributed by atoms with E-state index in [4.69, 9.17) is 4.42 Å². The molecule has 5 aromatic rings. The Hall–Kier alpha value is -3.45. The average Bonchev–Trinajstić information content (AvgIpc) is 3.43. The van der Waals surface area contributed by atoms with Crippen LogP contribution in [0.15, 0.2) is 65.1 Å². The van der Waals surface area contributed by atoms with E-state index in [-0.39, 0.29) is 11.7 Å². The van der Waals surface area contributed by atoms with Gasteiger partial charge in [0.15, 0.2) is 16.5 Å². The van der Waals surface area contributed by atoms with E-state index in [2.05, 4.69) is 15.3 Å². The van der Waals surface area contributed by atoms with Crippen molar-refractivity contribution in [1.29, 1.82) is 0 Å². The zero-order valence-corrected chi connectivity index (χ0v) is 15.9. The summed E-state index contributed by atoms with van der Waals surface area (Å²) >= 11 is 1.54. The highest BCUT2D eigenvalue weighted by Crippen LogP contribution is 2.31. The first-order chi connectivity index (χ1) is 13.7. The van der Waals surface area contributed by atoms with Crippen molar-refractivity contribution in [2.75, 3.05) is 5.32 Å². The molecule has 7 heteroatoms. The number of anilines is 1. The van der Waals surface area contributed by atoms with Gasteiger partial charge in [0.25, 0.3) is 5.91 Å². The number of aromatic nitrogens is 3. The maximum atomic E-state index is 12.7. The molecule has 0 atom stereocenters. The lowest BCUT2D eigenvalue weighted by atomic mass is 10.3. The summed E-state index contributed by atoms with van der Waals surface area (Å²) in [6.45, 7) is 2.72. The molecule has 1 N–H and O–H groups in total. The maximum absolute atomic E-state index is 12.7. The number of nitrogens with one attached hydrogen (secondary N) is 1. The molecule has 2 aromatic carbocycles. The van der Waals surface area contributed by atoms with Crippen molar-refractivity contribution in [2.24, 2.45) is 0 Å². The Morgan fingerprint density at radius 1 is 1.04 bits per heavy atom. The van der Waals surface area contributed by atoms with Crippen molar-refractivity contribution in [1.82, 2.24) is 14.5 Å². The lowest BCUT2D eigenvalue weighted by Crippen LogP contribution is -2.15. The monoisotopic (exact) mass is 388 g/mol. The van der Waals surface area contributed by atoms with Gasteiger partial charge in [0.05, 0.1) is 21.3 Å². The molecule has 0 bridgehead atoms. The molecule has 3 aromatic heterocycles. The third-order valence-corrected chi connectivity index (χ3v) is 5.58. The van der Waals surface area contributed by atoms with Gasteiger partial charge < -0.3 is 8.98 Å². The highest BCUT2D eigenvalue weighted by molar-refractivity contribution is 7.21. The maximum Gasteiger partial charge on any atom is 0.293 e. The number of furan rings is 1. The minimum absolute atomic E-state index is 0.226. The molecule has 0 aliphatic rings. The van der Waals surface area contributed by atoms with Crippen molar-refractivity contribution in [3.63, 3.8) is 0 Å². The zero-order valence-electron chi connectivity index (χ0n) is 15.0. The second kappa shape index (κ2) is 6.61. The number of fused-ring (bicyclic) bond motifs is 2. The van der Waals surface area contributed by atoms with Crippen molar-refractivity contribution in [3.05, 3.63) is 66.4 Å². The van der Waals surface area contributed by atoms with Gasteiger partial charge in [-0.3, -0.25) is 10.1 Å². The van der Waals surface area contributed by atoms with Crippen LogP contribution in [0.3, 0.4) is 0 Å². The number of para-hydroxylation sites is 3. The van der Waals surface area contributed by atoms with E-state index >= 15 is 0 Å². The number of imidazole rings is 1. The molecule has 6 nitrogen and oxygen atoms in total. The van der Waals surface area contributed by atoms with Gasteiger partial charge in [-0.2, -0.15) is 0 Å². The number of thiazole rings is 1. The molecule has 0 saturated heterocycles. The summed E-state index contributed by atoms with van der Waals surface area (Å²) in [5, 5.41) is 3.61. The SMILES string of the molecule is CCn1c(NC(=O)c2ccc(-c3nc4ccccc4s3)o2)nc2ccccc21. The van der Waals surface area contributed by atoms with Gasteiger partial charge in [0.2, 0.25) is 5.95 Å². The topological polar surface area (TPSA) is 73.0 Å². The molecule has 0 spiro atoms. The largest absolute Gasteiger partial charge is 0.448 e. The van der Waals surface area contributed by atoms with E-state index in [0.29, 0.717) is 18.3 Å². The number of amides is 1. The number of nitrogens with zero attached hydrogens (tertiary/aromatic N) is 3. The average molecular weight is 388 g/mol. The molecule has 138 valence electrons. The van der Waals surface area contributed by atoms with Crippen molar-refractivity contribution in [3.8, 4) is 10.8 Å². The van der Waals surface area contributed by atoms with E-state index in [1.165, 1.54) is 11.3 Å². The molecule has 0 aliphatic heterocycles. The third kappa shape index (κ3) is 2.76. The number of carbonyl (C=O) groups excluding carboxylic acids is 1. The fraction of sp³-hybridized carbons (Fsp3) is 0.0952. The number of carbonyl (C=O) groups is 1. The van der Waals surface area contributed by atoms with Crippen LogP contribution in [-0.2, 0) is 6.54 Å². The summed E-state index contributed by atoms with van der Waals surface area (Å²) in [6.07, 6.45) is 0. The van der Waals surface area contributed by atoms with Gasteiger partial charge in [-0.25, -0.2) is 9.97 Å². The first kappa shape index (κ1) is 16.7. The number of aryl methyl sites for hydroxylation is 1. The first-order valence-corrected chi connectivity index (χ1v) is 9.77. The van der Waals surface area contributed by atoms with Crippen molar-refractivity contribution >= 4 is 44.4 Å². The molecular weight excluding hydrogens is 372 g/mol. The zero-order chi connectivity index (χ0) is 19.1. The fourth-order valence-corrected chi connectivity index (χ4v) is 4.13. The van der Waals surface area contributed by atoms with Crippen molar-refractivity contribution in [2.45, 2.75) is 13.5 Å². The lowest BCUT2D eigenvalue weighted by Gasteiger charge is -2.06. The molecule has 0 aliphatic carbocycles. The number of hydrogen-bond donors (Lipinski definition) is 1. The van der Waals surface area contributed by atoms with E-state index in [1.54, 1.807) is 12.1 Å². The van der Waals surface area contributed by atoms with Crippen LogP contribution in [0.5, 0.6) is 0 Å². The predicted molar refractivity (Wildman–Crippen MR) is 111 cm³/mol. The van der Waals surface area contributed by atoms with Crippen LogP contribution in [0.25, 0.3) is 32.0 Å². The molecule has 5 rings (SSSR count). The van der Waals surface area contributed by atoms with Gasteiger partial charge in [-0.15, -0.1) is 11.3 Å². The molecule has 0 saturated carbocycles. The Kier molecular flexibility index (Phi) is 3.95. The van der Waals surface area contributed by atoms with Gasteiger partial charge in [-0.1, -0.05) is 24.3 Å². The second-order valence-electron chi connectivity index (χ2n) is 6.27. The Morgan fingerprint density at radius 3 is 2.64 bits per heavy atom. The summed E-state index contributed by atoms with van der Waals surface area (Å²) in [5.41, 5.74) is 2.74. The Labute approximate surface area is 164 Å².